The molecule has 24 heavy (non-hydrogen) atoms. The molecule has 2 aromatic rings. The molecule has 1 heterocycles. The summed E-state index contributed by atoms with van der Waals surface area (Å²) >= 11 is 0. The average molecular weight is 359 g/mol. The fourth-order valence-corrected chi connectivity index (χ4v) is 3.43. The first-order valence-electron chi connectivity index (χ1n) is 7.62. The topological polar surface area (TPSA) is 56.3 Å². The molecule has 0 radical (unpaired) electrons. The smallest absolute Gasteiger partial charge is 0.375 e. The van der Waals surface area contributed by atoms with E-state index in [0.717, 1.165) is 24.8 Å². The van der Waals surface area contributed by atoms with Crippen LogP contribution in [-0.4, -0.2) is 18.9 Å². The second kappa shape index (κ2) is 5.91. The van der Waals surface area contributed by atoms with Crippen LogP contribution >= 0.6 is 0 Å². The molecule has 1 aromatic carbocycles. The van der Waals surface area contributed by atoms with Crippen molar-refractivity contribution in [2.75, 3.05) is 0 Å². The summed E-state index contributed by atoms with van der Waals surface area (Å²) in [6.07, 6.45) is 3.59. The minimum absolute atomic E-state index is 0.224. The fraction of sp³-hybridized carbons (Fsp3) is 0.438. The largest absolute Gasteiger partial charge is 0.534 e. The number of fused-ring (bicyclic) bond motifs is 2. The van der Waals surface area contributed by atoms with Crippen molar-refractivity contribution >= 4 is 21.0 Å². The Morgan fingerprint density at radius 3 is 2.54 bits per heavy atom. The molecule has 0 N–H and O–H groups in total. The Labute approximate surface area is 137 Å². The Morgan fingerprint density at radius 1 is 1.12 bits per heavy atom. The molecule has 0 aliphatic heterocycles. The van der Waals surface area contributed by atoms with Gasteiger partial charge in [-0.1, -0.05) is 18.1 Å². The number of aromatic nitrogens is 1. The predicted molar refractivity (Wildman–Crippen MR) is 83.3 cm³/mol. The van der Waals surface area contributed by atoms with Gasteiger partial charge >= 0.3 is 15.6 Å². The zero-order chi connectivity index (χ0) is 17.5. The molecule has 0 fully saturated rings. The molecule has 0 bridgehead atoms. The SMILES string of the molecule is Cc1ccc2nc3c(c(OS(=O)(=O)C(F)(F)F)c2c1)CCCCC3. The van der Waals surface area contributed by atoms with Crippen LogP contribution in [0.15, 0.2) is 18.2 Å². The number of hydrogen-bond acceptors (Lipinski definition) is 4. The van der Waals surface area contributed by atoms with Crippen molar-refractivity contribution in [1.82, 2.24) is 4.98 Å². The lowest BCUT2D eigenvalue weighted by Crippen LogP contribution is -2.28. The lowest BCUT2D eigenvalue weighted by Gasteiger charge is -2.17. The van der Waals surface area contributed by atoms with E-state index < -0.39 is 15.6 Å². The van der Waals surface area contributed by atoms with E-state index in [1.165, 1.54) is 0 Å². The van der Waals surface area contributed by atoms with Gasteiger partial charge in [0, 0.05) is 16.6 Å². The molecule has 3 rings (SSSR count). The summed E-state index contributed by atoms with van der Waals surface area (Å²) in [5, 5.41) is 0.295. The summed E-state index contributed by atoms with van der Waals surface area (Å²) in [7, 11) is -5.73. The minimum Gasteiger partial charge on any atom is -0.375 e. The molecule has 0 spiro atoms. The van der Waals surface area contributed by atoms with Crippen LogP contribution in [0, 0.1) is 6.92 Å². The van der Waals surface area contributed by atoms with Gasteiger partial charge in [-0.15, -0.1) is 0 Å². The highest BCUT2D eigenvalue weighted by Gasteiger charge is 2.49. The molecule has 0 atom stereocenters. The molecule has 0 saturated carbocycles. The van der Waals surface area contributed by atoms with Gasteiger partial charge in [0.15, 0.2) is 5.75 Å². The molecule has 1 aliphatic rings. The van der Waals surface area contributed by atoms with Gasteiger partial charge in [0.05, 0.1) is 5.52 Å². The maximum atomic E-state index is 12.8. The summed E-state index contributed by atoms with van der Waals surface area (Å²) in [6, 6.07) is 5.05. The van der Waals surface area contributed by atoms with Gasteiger partial charge in [0.1, 0.15) is 0 Å². The minimum atomic E-state index is -5.73. The van der Waals surface area contributed by atoms with Gasteiger partial charge < -0.3 is 4.18 Å². The van der Waals surface area contributed by atoms with Crippen molar-refractivity contribution in [1.29, 1.82) is 0 Å². The first-order valence-corrected chi connectivity index (χ1v) is 9.03. The Morgan fingerprint density at radius 2 is 1.83 bits per heavy atom. The number of alkyl halides is 3. The first kappa shape index (κ1) is 17.0. The van der Waals surface area contributed by atoms with Crippen LogP contribution in [0.1, 0.15) is 36.1 Å². The molecule has 1 aromatic heterocycles. The van der Waals surface area contributed by atoms with E-state index in [1.807, 2.05) is 0 Å². The van der Waals surface area contributed by atoms with Gasteiger partial charge in [-0.3, -0.25) is 4.98 Å². The van der Waals surface area contributed by atoms with E-state index in [4.69, 9.17) is 0 Å². The third-order valence-electron chi connectivity index (χ3n) is 4.09. The normalized spacial score (nSPS) is 15.8. The monoisotopic (exact) mass is 359 g/mol. The van der Waals surface area contributed by atoms with Crippen LogP contribution in [0.3, 0.4) is 0 Å². The Kier molecular flexibility index (Phi) is 4.19. The maximum absolute atomic E-state index is 12.8. The molecule has 8 heteroatoms. The van der Waals surface area contributed by atoms with Crippen LogP contribution in [-0.2, 0) is 23.0 Å². The number of pyridine rings is 1. The number of halogens is 3. The van der Waals surface area contributed by atoms with E-state index in [1.54, 1.807) is 25.1 Å². The van der Waals surface area contributed by atoms with Crippen molar-refractivity contribution in [2.45, 2.75) is 44.5 Å². The quantitative estimate of drug-likeness (QED) is 0.461. The zero-order valence-electron chi connectivity index (χ0n) is 13.0. The summed E-state index contributed by atoms with van der Waals surface area (Å²) in [5.74, 6) is -0.224. The van der Waals surface area contributed by atoms with Gasteiger partial charge in [-0.05, 0) is 44.7 Å². The molecular formula is C16H16F3NO3S. The molecule has 4 nitrogen and oxygen atoms in total. The van der Waals surface area contributed by atoms with Crippen LogP contribution in [0.2, 0.25) is 0 Å². The molecule has 1 aliphatic carbocycles. The van der Waals surface area contributed by atoms with Gasteiger partial charge in [0.25, 0.3) is 0 Å². The molecular weight excluding hydrogens is 343 g/mol. The zero-order valence-corrected chi connectivity index (χ0v) is 13.8. The van der Waals surface area contributed by atoms with Gasteiger partial charge in [-0.25, -0.2) is 0 Å². The number of rotatable bonds is 2. The van der Waals surface area contributed by atoms with Crippen molar-refractivity contribution in [3.05, 3.63) is 35.0 Å². The van der Waals surface area contributed by atoms with Crippen LogP contribution in [0.25, 0.3) is 10.9 Å². The van der Waals surface area contributed by atoms with E-state index in [-0.39, 0.29) is 5.75 Å². The summed E-state index contributed by atoms with van der Waals surface area (Å²) in [5.41, 5.74) is -3.15. The number of benzene rings is 1. The average Bonchev–Trinajstić information content (AvgIpc) is 2.71. The second-order valence-electron chi connectivity index (χ2n) is 5.93. The second-order valence-corrected chi connectivity index (χ2v) is 7.47. The van der Waals surface area contributed by atoms with Crippen molar-refractivity contribution in [3.8, 4) is 5.75 Å². The van der Waals surface area contributed by atoms with E-state index in [2.05, 4.69) is 9.17 Å². The van der Waals surface area contributed by atoms with E-state index >= 15 is 0 Å². The Balaban J connectivity index is 2.27. The summed E-state index contributed by atoms with van der Waals surface area (Å²) in [6.45, 7) is 1.77. The third kappa shape index (κ3) is 3.07. The van der Waals surface area contributed by atoms with E-state index in [0.29, 0.717) is 35.0 Å². The highest BCUT2D eigenvalue weighted by molar-refractivity contribution is 7.88. The van der Waals surface area contributed by atoms with Gasteiger partial charge in [0.2, 0.25) is 0 Å². The number of hydrogen-bond donors (Lipinski definition) is 0. The van der Waals surface area contributed by atoms with Crippen molar-refractivity contribution < 1.29 is 25.8 Å². The fourth-order valence-electron chi connectivity index (χ4n) is 2.92. The number of nitrogens with zero attached hydrogens (tertiary/aromatic N) is 1. The highest BCUT2D eigenvalue weighted by Crippen LogP contribution is 2.38. The van der Waals surface area contributed by atoms with Crippen LogP contribution < -0.4 is 4.18 Å². The van der Waals surface area contributed by atoms with Crippen molar-refractivity contribution in [3.63, 3.8) is 0 Å². The van der Waals surface area contributed by atoms with Gasteiger partial charge in [-0.2, -0.15) is 21.6 Å². The molecule has 0 unspecified atom stereocenters. The summed E-state index contributed by atoms with van der Waals surface area (Å²) < 4.78 is 66.1. The molecule has 130 valence electrons. The van der Waals surface area contributed by atoms with Crippen LogP contribution in [0.4, 0.5) is 13.2 Å². The standard InChI is InChI=1S/C16H16F3NO3S/c1-10-7-8-14-12(9-10)15(23-24(21,22)16(17,18)19)11-5-3-2-4-6-13(11)20-14/h7-9H,2-6H2,1H3. The first-order chi connectivity index (χ1) is 11.2. The van der Waals surface area contributed by atoms with Crippen molar-refractivity contribution in [2.24, 2.45) is 0 Å². The molecule has 0 amide bonds. The lowest BCUT2D eigenvalue weighted by molar-refractivity contribution is -0.0499. The maximum Gasteiger partial charge on any atom is 0.534 e. The highest BCUT2D eigenvalue weighted by atomic mass is 32.2. The van der Waals surface area contributed by atoms with Crippen LogP contribution in [0.5, 0.6) is 5.75 Å². The third-order valence-corrected chi connectivity index (χ3v) is 5.04. The number of aryl methyl sites for hydroxylation is 2. The molecule has 0 saturated heterocycles. The predicted octanol–water partition coefficient (Wildman–Crippen LogP) is 4.04. The summed E-state index contributed by atoms with van der Waals surface area (Å²) in [4.78, 5) is 4.51. The lowest BCUT2D eigenvalue weighted by atomic mass is 10.0. The Hall–Kier alpha value is -1.83. The Bertz CT molecular complexity index is 892. The van der Waals surface area contributed by atoms with E-state index in [9.17, 15) is 21.6 Å².